The van der Waals surface area contributed by atoms with Gasteiger partial charge in [-0.25, -0.2) is 4.98 Å². The molecule has 25 heavy (non-hydrogen) atoms. The highest BCUT2D eigenvalue weighted by atomic mass is 16.5. The Kier molecular flexibility index (Phi) is 4.38. The lowest BCUT2D eigenvalue weighted by molar-refractivity contribution is 0.0385. The van der Waals surface area contributed by atoms with E-state index in [-0.39, 0.29) is 0 Å². The number of nitrogens with one attached hydrogen (secondary N) is 1. The highest BCUT2D eigenvalue weighted by Crippen LogP contribution is 2.29. The summed E-state index contributed by atoms with van der Waals surface area (Å²) >= 11 is 0. The van der Waals surface area contributed by atoms with Crippen molar-refractivity contribution in [3.05, 3.63) is 41.5 Å². The Labute approximate surface area is 147 Å². The van der Waals surface area contributed by atoms with Gasteiger partial charge in [0.1, 0.15) is 5.82 Å². The molecule has 3 N–H and O–H groups in total. The van der Waals surface area contributed by atoms with E-state index in [1.54, 1.807) is 0 Å². The molecule has 1 aliphatic heterocycles. The lowest BCUT2D eigenvalue weighted by Gasteiger charge is -2.26. The second-order valence-corrected chi connectivity index (χ2v) is 6.52. The number of nitrogen functional groups attached to an aromatic ring is 1. The number of hydrogen-bond acceptors (Lipinski definition) is 5. The highest BCUT2D eigenvalue weighted by Gasteiger charge is 2.16. The van der Waals surface area contributed by atoms with Gasteiger partial charge in [-0.2, -0.15) is 5.10 Å². The topological polar surface area (TPSA) is 80.1 Å². The maximum atomic E-state index is 6.11. The SMILES string of the molecule is Cc1ccccc1-c1cc(CCN2CCOCC2)c2c(N)[nH]nc2n1. The number of nitrogens with zero attached hydrogens (tertiary/aromatic N) is 3. The molecule has 130 valence electrons. The minimum absolute atomic E-state index is 0.593. The Bertz CT molecular complexity index is 883. The molecule has 0 atom stereocenters. The van der Waals surface area contributed by atoms with Crippen LogP contribution >= 0.6 is 0 Å². The number of pyridine rings is 1. The van der Waals surface area contributed by atoms with Gasteiger partial charge in [0.15, 0.2) is 5.65 Å². The van der Waals surface area contributed by atoms with Gasteiger partial charge in [0, 0.05) is 25.2 Å². The summed E-state index contributed by atoms with van der Waals surface area (Å²) in [6, 6.07) is 10.5. The maximum Gasteiger partial charge on any atom is 0.183 e. The van der Waals surface area contributed by atoms with Crippen LogP contribution in [0.2, 0.25) is 0 Å². The molecule has 1 aliphatic rings. The predicted molar refractivity (Wildman–Crippen MR) is 99.4 cm³/mol. The third-order valence-corrected chi connectivity index (χ3v) is 4.86. The highest BCUT2D eigenvalue weighted by molar-refractivity contribution is 5.91. The van der Waals surface area contributed by atoms with E-state index in [0.29, 0.717) is 11.5 Å². The number of hydrogen-bond donors (Lipinski definition) is 2. The minimum atomic E-state index is 0.593. The molecule has 0 saturated carbocycles. The van der Waals surface area contributed by atoms with E-state index in [0.717, 1.165) is 55.9 Å². The number of aromatic amines is 1. The molecule has 0 unspecified atom stereocenters. The summed E-state index contributed by atoms with van der Waals surface area (Å²) in [5.74, 6) is 0.593. The molecule has 3 aromatic rings. The summed E-state index contributed by atoms with van der Waals surface area (Å²) in [5, 5.41) is 8.12. The summed E-state index contributed by atoms with van der Waals surface area (Å²) in [6.07, 6.45) is 0.918. The number of anilines is 1. The van der Waals surface area contributed by atoms with Crippen molar-refractivity contribution in [1.82, 2.24) is 20.1 Å². The number of ether oxygens (including phenoxy) is 1. The van der Waals surface area contributed by atoms with Gasteiger partial charge in [0.25, 0.3) is 0 Å². The number of benzene rings is 1. The smallest absolute Gasteiger partial charge is 0.183 e. The van der Waals surface area contributed by atoms with Crippen LogP contribution in [0.4, 0.5) is 5.82 Å². The zero-order valence-electron chi connectivity index (χ0n) is 14.5. The van der Waals surface area contributed by atoms with Crippen molar-refractivity contribution in [1.29, 1.82) is 0 Å². The van der Waals surface area contributed by atoms with Crippen molar-refractivity contribution < 1.29 is 4.74 Å². The number of H-pyrrole nitrogens is 1. The first-order valence-electron chi connectivity index (χ1n) is 8.72. The fraction of sp³-hybridized carbons (Fsp3) is 0.368. The second kappa shape index (κ2) is 6.82. The van der Waals surface area contributed by atoms with Crippen molar-refractivity contribution >= 4 is 16.9 Å². The summed E-state index contributed by atoms with van der Waals surface area (Å²) < 4.78 is 5.43. The number of fused-ring (bicyclic) bond motifs is 1. The first kappa shape index (κ1) is 16.1. The molecule has 4 rings (SSSR count). The van der Waals surface area contributed by atoms with Gasteiger partial charge in [-0.05, 0) is 30.5 Å². The fourth-order valence-corrected chi connectivity index (χ4v) is 3.43. The van der Waals surface area contributed by atoms with Gasteiger partial charge < -0.3 is 10.5 Å². The average Bonchev–Trinajstić information content (AvgIpc) is 3.02. The lowest BCUT2D eigenvalue weighted by atomic mass is 10.0. The van der Waals surface area contributed by atoms with Crippen molar-refractivity contribution in [2.24, 2.45) is 0 Å². The van der Waals surface area contributed by atoms with Gasteiger partial charge in [-0.3, -0.25) is 10.00 Å². The van der Waals surface area contributed by atoms with Gasteiger partial charge in [-0.1, -0.05) is 24.3 Å². The molecule has 1 saturated heterocycles. The van der Waals surface area contributed by atoms with E-state index >= 15 is 0 Å². The molecule has 3 heterocycles. The zero-order chi connectivity index (χ0) is 17.2. The van der Waals surface area contributed by atoms with Crippen LogP contribution in [-0.4, -0.2) is 52.9 Å². The van der Waals surface area contributed by atoms with E-state index in [1.165, 1.54) is 11.1 Å². The summed E-state index contributed by atoms with van der Waals surface area (Å²) in [7, 11) is 0. The zero-order valence-corrected chi connectivity index (χ0v) is 14.5. The molecule has 0 aliphatic carbocycles. The molecular weight excluding hydrogens is 314 g/mol. The molecule has 6 nitrogen and oxygen atoms in total. The molecule has 2 aromatic heterocycles. The van der Waals surface area contributed by atoms with E-state index in [2.05, 4.69) is 40.2 Å². The quantitative estimate of drug-likeness (QED) is 0.764. The minimum Gasteiger partial charge on any atom is -0.384 e. The van der Waals surface area contributed by atoms with Gasteiger partial charge in [-0.15, -0.1) is 0 Å². The van der Waals surface area contributed by atoms with Gasteiger partial charge in [0.05, 0.1) is 24.3 Å². The summed E-state index contributed by atoms with van der Waals surface area (Å²) in [6.45, 7) is 6.69. The van der Waals surface area contributed by atoms with Crippen LogP contribution in [0.5, 0.6) is 0 Å². The van der Waals surface area contributed by atoms with Crippen LogP contribution in [0.3, 0.4) is 0 Å². The molecule has 6 heteroatoms. The van der Waals surface area contributed by atoms with Crippen LogP contribution < -0.4 is 5.73 Å². The van der Waals surface area contributed by atoms with Crippen molar-refractivity contribution in [3.8, 4) is 11.3 Å². The third-order valence-electron chi connectivity index (χ3n) is 4.86. The van der Waals surface area contributed by atoms with Gasteiger partial charge >= 0.3 is 0 Å². The van der Waals surface area contributed by atoms with Gasteiger partial charge in [0.2, 0.25) is 0 Å². The second-order valence-electron chi connectivity index (χ2n) is 6.52. The molecule has 0 bridgehead atoms. The van der Waals surface area contributed by atoms with E-state index in [1.807, 2.05) is 12.1 Å². The van der Waals surface area contributed by atoms with Crippen LogP contribution in [0, 0.1) is 6.92 Å². The molecule has 0 radical (unpaired) electrons. The van der Waals surface area contributed by atoms with E-state index in [9.17, 15) is 0 Å². The Balaban J connectivity index is 1.70. The Morgan fingerprint density at radius 1 is 1.24 bits per heavy atom. The Morgan fingerprint density at radius 2 is 2.04 bits per heavy atom. The predicted octanol–water partition coefficient (Wildman–Crippen LogP) is 2.39. The van der Waals surface area contributed by atoms with E-state index < -0.39 is 0 Å². The van der Waals surface area contributed by atoms with Crippen LogP contribution in [-0.2, 0) is 11.2 Å². The number of morpholine rings is 1. The molecule has 0 amide bonds. The van der Waals surface area contributed by atoms with Crippen LogP contribution in [0.25, 0.3) is 22.3 Å². The Morgan fingerprint density at radius 3 is 2.84 bits per heavy atom. The molecule has 1 fully saturated rings. The Hall–Kier alpha value is -2.44. The normalized spacial score (nSPS) is 15.7. The molecule has 0 spiro atoms. The maximum absolute atomic E-state index is 6.11. The monoisotopic (exact) mass is 337 g/mol. The largest absolute Gasteiger partial charge is 0.384 e. The summed E-state index contributed by atoms with van der Waals surface area (Å²) in [5.41, 5.74) is 11.3. The van der Waals surface area contributed by atoms with Crippen LogP contribution in [0.1, 0.15) is 11.1 Å². The molecular formula is C19H23N5O. The fourth-order valence-electron chi connectivity index (χ4n) is 3.43. The number of aromatic nitrogens is 3. The van der Waals surface area contributed by atoms with E-state index in [4.69, 9.17) is 15.5 Å². The van der Waals surface area contributed by atoms with Crippen molar-refractivity contribution in [2.75, 3.05) is 38.6 Å². The molecule has 1 aromatic carbocycles. The van der Waals surface area contributed by atoms with Crippen LogP contribution in [0.15, 0.2) is 30.3 Å². The average molecular weight is 337 g/mol. The summed E-state index contributed by atoms with van der Waals surface area (Å²) in [4.78, 5) is 7.16. The number of aryl methyl sites for hydroxylation is 1. The standard InChI is InChI=1S/C19H23N5O/c1-13-4-2-3-5-15(13)16-12-14(6-7-24-8-10-25-11-9-24)17-18(20)22-23-19(17)21-16/h2-5,12H,6-11H2,1H3,(H3,20,21,22,23). The van der Waals surface area contributed by atoms with Crippen molar-refractivity contribution in [2.45, 2.75) is 13.3 Å². The first-order chi connectivity index (χ1) is 12.2. The lowest BCUT2D eigenvalue weighted by Crippen LogP contribution is -2.37. The first-order valence-corrected chi connectivity index (χ1v) is 8.72. The third kappa shape index (κ3) is 3.23. The van der Waals surface area contributed by atoms with Crippen molar-refractivity contribution in [3.63, 3.8) is 0 Å². The number of rotatable bonds is 4. The number of nitrogens with two attached hydrogens (primary N) is 1.